The predicted molar refractivity (Wildman–Crippen MR) is 85.2 cm³/mol. The molecule has 0 saturated heterocycles. The highest BCUT2D eigenvalue weighted by Crippen LogP contribution is 2.29. The minimum absolute atomic E-state index is 0.250. The third-order valence-electron chi connectivity index (χ3n) is 2.66. The molecule has 7 heteroatoms. The molecule has 1 aromatic heterocycles. The van der Waals surface area contributed by atoms with Crippen molar-refractivity contribution < 1.29 is 4.79 Å². The molecule has 0 aliphatic heterocycles. The molecule has 2 N–H and O–H groups in total. The zero-order valence-corrected chi connectivity index (χ0v) is 12.9. The van der Waals surface area contributed by atoms with Crippen LogP contribution in [-0.4, -0.2) is 22.4 Å². The number of halogens is 2. The summed E-state index contributed by atoms with van der Waals surface area (Å²) in [5, 5.41) is 6.45. The lowest BCUT2D eigenvalue weighted by Gasteiger charge is -2.08. The molecule has 1 aromatic carbocycles. The largest absolute Gasteiger partial charge is 0.370 e. The van der Waals surface area contributed by atoms with Gasteiger partial charge in [-0.05, 0) is 18.6 Å². The maximum absolute atomic E-state index is 12.2. The Hall–Kier alpha value is -1.85. The van der Waals surface area contributed by atoms with E-state index in [0.717, 1.165) is 13.0 Å². The molecule has 0 bridgehead atoms. The van der Waals surface area contributed by atoms with Crippen LogP contribution >= 0.6 is 23.2 Å². The molecule has 0 saturated carbocycles. The number of anilines is 2. The summed E-state index contributed by atoms with van der Waals surface area (Å²) in [6.45, 7) is 2.82. The van der Waals surface area contributed by atoms with Crippen LogP contribution in [0.25, 0.3) is 0 Å². The van der Waals surface area contributed by atoms with Crippen molar-refractivity contribution in [3.63, 3.8) is 0 Å². The van der Waals surface area contributed by atoms with Crippen LogP contribution in [0.1, 0.15) is 23.8 Å². The highest BCUT2D eigenvalue weighted by Gasteiger charge is 2.12. The van der Waals surface area contributed by atoms with Crippen molar-refractivity contribution in [1.29, 1.82) is 0 Å². The van der Waals surface area contributed by atoms with Gasteiger partial charge in [-0.2, -0.15) is 0 Å². The van der Waals surface area contributed by atoms with Crippen LogP contribution < -0.4 is 10.6 Å². The van der Waals surface area contributed by atoms with Crippen molar-refractivity contribution >= 4 is 40.6 Å². The van der Waals surface area contributed by atoms with Crippen LogP contribution in [-0.2, 0) is 0 Å². The van der Waals surface area contributed by atoms with Crippen molar-refractivity contribution in [2.24, 2.45) is 0 Å². The van der Waals surface area contributed by atoms with Crippen molar-refractivity contribution in [3.05, 3.63) is 46.3 Å². The first-order valence-electron chi connectivity index (χ1n) is 6.43. The Morgan fingerprint density at radius 3 is 2.86 bits per heavy atom. The maximum atomic E-state index is 12.2. The SMILES string of the molecule is CCCNc1cc(C(=O)Nc2cccc(Cl)c2Cl)ncn1. The number of nitrogens with zero attached hydrogens (tertiary/aromatic N) is 2. The van der Waals surface area contributed by atoms with Gasteiger partial charge in [0.2, 0.25) is 0 Å². The van der Waals surface area contributed by atoms with E-state index in [1.807, 2.05) is 6.92 Å². The fourth-order valence-corrected chi connectivity index (χ4v) is 1.97. The summed E-state index contributed by atoms with van der Waals surface area (Å²) < 4.78 is 0. The van der Waals surface area contributed by atoms with Crippen LogP contribution in [0.3, 0.4) is 0 Å². The standard InChI is InChI=1S/C14H14Cl2N4O/c1-2-6-17-12-7-11(18-8-19-12)14(21)20-10-5-3-4-9(15)13(10)16/h3-5,7-8H,2,6H2,1H3,(H,20,21)(H,17,18,19). The van der Waals surface area contributed by atoms with Gasteiger partial charge in [0.15, 0.2) is 0 Å². The number of amides is 1. The summed E-state index contributed by atoms with van der Waals surface area (Å²) in [5.74, 6) is 0.232. The lowest BCUT2D eigenvalue weighted by Crippen LogP contribution is -2.15. The smallest absolute Gasteiger partial charge is 0.274 e. The molecule has 2 rings (SSSR count). The topological polar surface area (TPSA) is 66.9 Å². The van der Waals surface area contributed by atoms with E-state index >= 15 is 0 Å². The Kier molecular flexibility index (Phi) is 5.36. The molecule has 0 atom stereocenters. The number of benzene rings is 1. The second-order valence-corrected chi connectivity index (χ2v) is 5.06. The zero-order valence-electron chi connectivity index (χ0n) is 11.4. The van der Waals surface area contributed by atoms with Crippen LogP contribution in [0.5, 0.6) is 0 Å². The third-order valence-corrected chi connectivity index (χ3v) is 3.47. The number of hydrogen-bond donors (Lipinski definition) is 2. The second-order valence-electron chi connectivity index (χ2n) is 4.27. The van der Waals surface area contributed by atoms with Gasteiger partial charge in [-0.25, -0.2) is 9.97 Å². The molecule has 0 aliphatic carbocycles. The maximum Gasteiger partial charge on any atom is 0.274 e. The van der Waals surface area contributed by atoms with E-state index in [1.165, 1.54) is 6.33 Å². The molecule has 5 nitrogen and oxygen atoms in total. The quantitative estimate of drug-likeness (QED) is 0.876. The van der Waals surface area contributed by atoms with Crippen molar-refractivity contribution in [2.45, 2.75) is 13.3 Å². The Labute approximate surface area is 132 Å². The van der Waals surface area contributed by atoms with Crippen LogP contribution in [0, 0.1) is 0 Å². The minimum Gasteiger partial charge on any atom is -0.370 e. The summed E-state index contributed by atoms with van der Waals surface area (Å²) in [5.41, 5.74) is 0.690. The highest BCUT2D eigenvalue weighted by molar-refractivity contribution is 6.44. The fraction of sp³-hybridized carbons (Fsp3) is 0.214. The van der Waals surface area contributed by atoms with Crippen LogP contribution in [0.4, 0.5) is 11.5 Å². The predicted octanol–water partition coefficient (Wildman–Crippen LogP) is 3.86. The van der Waals surface area contributed by atoms with E-state index in [-0.39, 0.29) is 11.6 Å². The average Bonchev–Trinajstić information content (AvgIpc) is 2.50. The number of carbonyl (C=O) groups excluding carboxylic acids is 1. The summed E-state index contributed by atoms with van der Waals surface area (Å²) in [7, 11) is 0. The van der Waals surface area contributed by atoms with Gasteiger partial charge in [-0.1, -0.05) is 36.2 Å². The zero-order chi connectivity index (χ0) is 15.2. The van der Waals surface area contributed by atoms with Gasteiger partial charge in [-0.15, -0.1) is 0 Å². The highest BCUT2D eigenvalue weighted by atomic mass is 35.5. The summed E-state index contributed by atoms with van der Waals surface area (Å²) in [6, 6.07) is 6.61. The second kappa shape index (κ2) is 7.24. The first kappa shape index (κ1) is 15.5. The Bertz CT molecular complexity index is 649. The van der Waals surface area contributed by atoms with Crippen molar-refractivity contribution in [2.75, 3.05) is 17.2 Å². The van der Waals surface area contributed by atoms with Crippen molar-refractivity contribution in [3.8, 4) is 0 Å². The molecule has 1 heterocycles. The lowest BCUT2D eigenvalue weighted by molar-refractivity contribution is 0.102. The van der Waals surface area contributed by atoms with E-state index < -0.39 is 0 Å². The summed E-state index contributed by atoms with van der Waals surface area (Å²) in [4.78, 5) is 20.2. The Morgan fingerprint density at radius 1 is 1.29 bits per heavy atom. The molecule has 2 aromatic rings. The molecule has 0 unspecified atom stereocenters. The molecule has 0 radical (unpaired) electrons. The minimum atomic E-state index is -0.374. The average molecular weight is 325 g/mol. The first-order valence-corrected chi connectivity index (χ1v) is 7.18. The summed E-state index contributed by atoms with van der Waals surface area (Å²) >= 11 is 11.9. The molecule has 0 spiro atoms. The van der Waals surface area contributed by atoms with E-state index in [9.17, 15) is 4.79 Å². The number of aromatic nitrogens is 2. The number of rotatable bonds is 5. The van der Waals surface area contributed by atoms with Crippen LogP contribution in [0.2, 0.25) is 10.0 Å². The molecule has 0 aliphatic rings. The third kappa shape index (κ3) is 4.06. The monoisotopic (exact) mass is 324 g/mol. The number of nitrogens with one attached hydrogen (secondary N) is 2. The number of carbonyl (C=O) groups is 1. The molecule has 1 amide bonds. The Morgan fingerprint density at radius 2 is 2.10 bits per heavy atom. The molecular weight excluding hydrogens is 311 g/mol. The summed E-state index contributed by atoms with van der Waals surface area (Å²) in [6.07, 6.45) is 2.30. The van der Waals surface area contributed by atoms with Gasteiger partial charge >= 0.3 is 0 Å². The van der Waals surface area contributed by atoms with Gasteiger partial charge < -0.3 is 10.6 Å². The van der Waals surface area contributed by atoms with Gasteiger partial charge in [-0.3, -0.25) is 4.79 Å². The van der Waals surface area contributed by atoms with E-state index in [2.05, 4.69) is 20.6 Å². The Balaban J connectivity index is 2.15. The number of hydrogen-bond acceptors (Lipinski definition) is 4. The molecule has 110 valence electrons. The van der Waals surface area contributed by atoms with E-state index in [4.69, 9.17) is 23.2 Å². The van der Waals surface area contributed by atoms with Gasteiger partial charge in [0.25, 0.3) is 5.91 Å². The van der Waals surface area contributed by atoms with Gasteiger partial charge in [0, 0.05) is 12.6 Å². The molecule has 21 heavy (non-hydrogen) atoms. The van der Waals surface area contributed by atoms with E-state index in [0.29, 0.717) is 21.6 Å². The molecule has 0 fully saturated rings. The van der Waals surface area contributed by atoms with E-state index in [1.54, 1.807) is 24.3 Å². The van der Waals surface area contributed by atoms with Gasteiger partial charge in [0.1, 0.15) is 17.8 Å². The fourth-order valence-electron chi connectivity index (χ4n) is 1.62. The molecular formula is C14H14Cl2N4O. The lowest BCUT2D eigenvalue weighted by atomic mass is 10.3. The normalized spacial score (nSPS) is 10.2. The van der Waals surface area contributed by atoms with Crippen molar-refractivity contribution in [1.82, 2.24) is 9.97 Å². The first-order chi connectivity index (χ1) is 10.1. The van der Waals surface area contributed by atoms with Gasteiger partial charge in [0.05, 0.1) is 15.7 Å². The van der Waals surface area contributed by atoms with Crippen LogP contribution in [0.15, 0.2) is 30.6 Å².